The van der Waals surface area contributed by atoms with E-state index in [4.69, 9.17) is 0 Å². The van der Waals surface area contributed by atoms with E-state index in [0.717, 1.165) is 0 Å². The highest BCUT2D eigenvalue weighted by Crippen LogP contribution is 2.27. The lowest BCUT2D eigenvalue weighted by Gasteiger charge is -2.00. The van der Waals surface area contributed by atoms with Crippen molar-refractivity contribution in [2.45, 2.75) is 0 Å². The van der Waals surface area contributed by atoms with Gasteiger partial charge in [-0.1, -0.05) is 24.3 Å². The predicted molar refractivity (Wildman–Crippen MR) is 173 cm³/mol. The van der Waals surface area contributed by atoms with Crippen LogP contribution in [0, 0.1) is 0 Å². The topological polar surface area (TPSA) is 247 Å². The van der Waals surface area contributed by atoms with Crippen LogP contribution in [0.2, 0.25) is 0 Å². The highest BCUT2D eigenvalue weighted by atomic mass is 16.3. The molecule has 0 aliphatic heterocycles. The zero-order chi connectivity index (χ0) is 33.9. The molecule has 0 aliphatic carbocycles. The Morgan fingerprint density at radius 1 is 0.583 bits per heavy atom. The number of hydrogen-bond acceptors (Lipinski definition) is 12. The number of aromatic amines is 2. The first-order valence-corrected chi connectivity index (χ1v) is 13.9. The lowest BCUT2D eigenvalue weighted by molar-refractivity contribution is 0.0942. The first-order chi connectivity index (χ1) is 23.3. The quantitative estimate of drug-likeness (QED) is 0.0681. The molecule has 4 heterocycles. The first kappa shape index (κ1) is 32.0. The van der Waals surface area contributed by atoms with E-state index >= 15 is 0 Å². The third-order valence-electron chi connectivity index (χ3n) is 6.33. The molecule has 240 valence electrons. The van der Waals surface area contributed by atoms with Crippen molar-refractivity contribution in [3.8, 4) is 45.8 Å². The maximum atomic E-state index is 12.0. The number of phenols is 4. The van der Waals surface area contributed by atoms with Gasteiger partial charge in [0, 0.05) is 23.5 Å². The number of hydrogen-bond donors (Lipinski definition) is 8. The minimum atomic E-state index is -0.499. The van der Waals surface area contributed by atoms with Crippen molar-refractivity contribution in [2.24, 2.45) is 10.2 Å². The number of rotatable bonds is 8. The molecule has 8 N–H and O–H groups in total. The fraction of sp³-hybridized carbons (Fsp3) is 0. The molecule has 0 saturated carbocycles. The minimum Gasteiger partial charge on any atom is -0.504 e. The van der Waals surface area contributed by atoms with Crippen LogP contribution in [0.5, 0.6) is 23.0 Å². The number of phenolic OH excluding ortho intramolecular Hbond substituents is 4. The molecule has 6 aromatic rings. The zero-order valence-electron chi connectivity index (χ0n) is 24.7. The molecule has 4 aromatic heterocycles. The van der Waals surface area contributed by atoms with Crippen LogP contribution in [0.25, 0.3) is 22.8 Å². The molecule has 0 radical (unpaired) electrons. The van der Waals surface area contributed by atoms with Gasteiger partial charge in [0.25, 0.3) is 11.8 Å². The Kier molecular flexibility index (Phi) is 10.1. The van der Waals surface area contributed by atoms with Gasteiger partial charge in [-0.05, 0) is 60.7 Å². The van der Waals surface area contributed by atoms with Crippen molar-refractivity contribution in [3.05, 3.63) is 120 Å². The van der Waals surface area contributed by atoms with Gasteiger partial charge >= 0.3 is 0 Å². The molecule has 16 heteroatoms. The first-order valence-electron chi connectivity index (χ1n) is 13.9. The Bertz CT molecular complexity index is 1930. The van der Waals surface area contributed by atoms with Crippen molar-refractivity contribution in [3.63, 3.8) is 0 Å². The van der Waals surface area contributed by atoms with E-state index in [-0.39, 0.29) is 45.5 Å². The van der Waals surface area contributed by atoms with E-state index in [1.165, 1.54) is 24.6 Å². The zero-order valence-corrected chi connectivity index (χ0v) is 24.7. The van der Waals surface area contributed by atoms with Crippen LogP contribution in [0.3, 0.4) is 0 Å². The van der Waals surface area contributed by atoms with E-state index < -0.39 is 11.8 Å². The summed E-state index contributed by atoms with van der Waals surface area (Å²) in [4.78, 5) is 32.3. The number of hydrazone groups is 2. The Morgan fingerprint density at radius 3 is 1.42 bits per heavy atom. The summed E-state index contributed by atoms with van der Waals surface area (Å²) in [5.41, 5.74) is 7.94. The van der Waals surface area contributed by atoms with E-state index in [0.29, 0.717) is 22.8 Å². The fourth-order valence-corrected chi connectivity index (χ4v) is 3.91. The van der Waals surface area contributed by atoms with Gasteiger partial charge in [-0.15, -0.1) is 0 Å². The summed E-state index contributed by atoms with van der Waals surface area (Å²) in [7, 11) is 0. The summed E-state index contributed by atoms with van der Waals surface area (Å²) in [6.45, 7) is 0. The van der Waals surface area contributed by atoms with E-state index in [9.17, 15) is 30.0 Å². The number of nitrogens with one attached hydrogen (secondary N) is 4. The molecular formula is C32H26N10O6. The molecule has 0 unspecified atom stereocenters. The number of para-hydroxylation sites is 2. The van der Waals surface area contributed by atoms with Crippen molar-refractivity contribution in [1.29, 1.82) is 0 Å². The maximum Gasteiger partial charge on any atom is 0.289 e. The largest absolute Gasteiger partial charge is 0.504 e. The molecule has 0 aliphatic rings. The maximum absolute atomic E-state index is 12.0. The normalized spacial score (nSPS) is 10.8. The van der Waals surface area contributed by atoms with Crippen LogP contribution < -0.4 is 10.9 Å². The number of amides is 2. The van der Waals surface area contributed by atoms with Crippen LogP contribution >= 0.6 is 0 Å². The standard InChI is InChI=1S/2C16H13N5O3/c2*22-14-6-3-4-10(15(14)23)9-18-21-16(24)13-8-12(19-20-13)11-5-1-2-7-17-11/h2*1-9,22-23H,(H,19,20)(H,21,24)/b2*18-9+. The molecule has 0 saturated heterocycles. The third kappa shape index (κ3) is 8.02. The number of H-pyrrole nitrogens is 2. The Hall–Kier alpha value is -7.36. The van der Waals surface area contributed by atoms with Crippen molar-refractivity contribution in [1.82, 2.24) is 41.2 Å². The lowest BCUT2D eigenvalue weighted by Crippen LogP contribution is -2.18. The lowest BCUT2D eigenvalue weighted by atomic mass is 10.2. The summed E-state index contributed by atoms with van der Waals surface area (Å²) in [6.07, 6.45) is 5.72. The van der Waals surface area contributed by atoms with Crippen LogP contribution in [-0.2, 0) is 0 Å². The van der Waals surface area contributed by atoms with Crippen LogP contribution in [0.15, 0.2) is 108 Å². The molecule has 0 fully saturated rings. The summed E-state index contributed by atoms with van der Waals surface area (Å²) in [5.74, 6) is -2.15. The number of benzene rings is 2. The number of pyridine rings is 2. The number of aromatic hydroxyl groups is 4. The van der Waals surface area contributed by atoms with Gasteiger partial charge < -0.3 is 20.4 Å². The van der Waals surface area contributed by atoms with Gasteiger partial charge in [0.1, 0.15) is 22.8 Å². The van der Waals surface area contributed by atoms with Crippen molar-refractivity contribution < 1.29 is 30.0 Å². The van der Waals surface area contributed by atoms with Crippen molar-refractivity contribution in [2.75, 3.05) is 0 Å². The fourth-order valence-electron chi connectivity index (χ4n) is 3.91. The predicted octanol–water partition coefficient (Wildman–Crippen LogP) is 3.29. The van der Waals surface area contributed by atoms with Crippen LogP contribution in [-0.4, -0.2) is 75.0 Å². The summed E-state index contributed by atoms with van der Waals surface area (Å²) < 4.78 is 0. The number of carbonyl (C=O) groups is 2. The summed E-state index contributed by atoms with van der Waals surface area (Å²) in [6, 6.07) is 22.7. The summed E-state index contributed by atoms with van der Waals surface area (Å²) >= 11 is 0. The van der Waals surface area contributed by atoms with E-state index in [1.807, 2.05) is 12.1 Å². The second-order valence-corrected chi connectivity index (χ2v) is 9.59. The molecular weight excluding hydrogens is 620 g/mol. The SMILES string of the molecule is O=C(N/N=C/c1cccc(O)c1O)c1cc(-c2ccccn2)n[nH]1.O=C(N/N=C/c1cccc(O)c1O)c1cc(-c2ccccn2)n[nH]1. The molecule has 48 heavy (non-hydrogen) atoms. The molecule has 2 aromatic carbocycles. The van der Waals surface area contributed by atoms with Crippen LogP contribution in [0.4, 0.5) is 0 Å². The van der Waals surface area contributed by atoms with E-state index in [2.05, 4.69) is 51.4 Å². The Labute approximate surface area is 271 Å². The number of aromatic nitrogens is 6. The molecule has 16 nitrogen and oxygen atoms in total. The smallest absolute Gasteiger partial charge is 0.289 e. The second-order valence-electron chi connectivity index (χ2n) is 9.59. The Morgan fingerprint density at radius 2 is 1.02 bits per heavy atom. The Balaban J connectivity index is 0.000000188. The molecule has 6 rings (SSSR count). The van der Waals surface area contributed by atoms with Crippen molar-refractivity contribution >= 4 is 24.2 Å². The number of carbonyl (C=O) groups excluding carboxylic acids is 2. The van der Waals surface area contributed by atoms with E-state index in [1.54, 1.807) is 73.1 Å². The van der Waals surface area contributed by atoms with Gasteiger partial charge in [0.15, 0.2) is 23.0 Å². The average molecular weight is 647 g/mol. The number of nitrogens with zero attached hydrogens (tertiary/aromatic N) is 6. The van der Waals surface area contributed by atoms with Gasteiger partial charge in [0.2, 0.25) is 0 Å². The summed E-state index contributed by atoms with van der Waals surface area (Å²) in [5, 5.41) is 58.8. The van der Waals surface area contributed by atoms with Gasteiger partial charge in [-0.2, -0.15) is 20.4 Å². The highest BCUT2D eigenvalue weighted by molar-refractivity contribution is 5.95. The molecule has 0 atom stereocenters. The molecule has 0 spiro atoms. The molecule has 0 bridgehead atoms. The third-order valence-corrected chi connectivity index (χ3v) is 6.33. The average Bonchev–Trinajstić information content (AvgIpc) is 3.81. The molecule has 2 amide bonds. The monoisotopic (exact) mass is 646 g/mol. The minimum absolute atomic E-state index is 0.216. The van der Waals surface area contributed by atoms with Gasteiger partial charge in [-0.3, -0.25) is 29.8 Å². The van der Waals surface area contributed by atoms with Gasteiger partial charge in [-0.25, -0.2) is 10.9 Å². The second kappa shape index (κ2) is 15.1. The highest BCUT2D eigenvalue weighted by Gasteiger charge is 2.12. The van der Waals surface area contributed by atoms with Gasteiger partial charge in [0.05, 0.1) is 23.8 Å². The van der Waals surface area contributed by atoms with Crippen LogP contribution in [0.1, 0.15) is 32.1 Å².